The number of rotatable bonds is 7. The van der Waals surface area contributed by atoms with Gasteiger partial charge in [-0.25, -0.2) is 0 Å². The quantitative estimate of drug-likeness (QED) is 0.732. The number of hydrogen-bond acceptors (Lipinski definition) is 5. The first kappa shape index (κ1) is 16.7. The van der Waals surface area contributed by atoms with Crippen LogP contribution >= 0.6 is 0 Å². The van der Waals surface area contributed by atoms with Gasteiger partial charge < -0.3 is 18.9 Å². The van der Waals surface area contributed by atoms with Crippen LogP contribution in [0.15, 0.2) is 36.4 Å². The Balaban J connectivity index is 2.22. The number of methoxy groups -OCH3 is 3. The minimum absolute atomic E-state index is 0.0238. The molecular weight excluding hydrogens is 296 g/mol. The zero-order chi connectivity index (χ0) is 16.8. The van der Waals surface area contributed by atoms with Crippen LogP contribution in [0, 0.1) is 0 Å². The highest BCUT2D eigenvalue weighted by Crippen LogP contribution is 2.31. The van der Waals surface area contributed by atoms with Crippen LogP contribution in [0.1, 0.15) is 22.8 Å². The number of Topliss-reactive ketones (excluding diaryl/α,β-unsaturated/α-hetero) is 1. The first-order chi connectivity index (χ1) is 11.1. The van der Waals surface area contributed by atoms with Crippen molar-refractivity contribution in [1.29, 1.82) is 0 Å². The molecule has 2 rings (SSSR count). The Morgan fingerprint density at radius 1 is 0.870 bits per heavy atom. The van der Waals surface area contributed by atoms with Crippen molar-refractivity contribution in [2.75, 3.05) is 21.3 Å². The van der Waals surface area contributed by atoms with Gasteiger partial charge >= 0.3 is 0 Å². The molecule has 23 heavy (non-hydrogen) atoms. The number of carbonyl (C=O) groups excluding carboxylic acids is 1. The summed E-state index contributed by atoms with van der Waals surface area (Å²) >= 11 is 0. The van der Waals surface area contributed by atoms with E-state index in [0.717, 1.165) is 11.3 Å². The predicted molar refractivity (Wildman–Crippen MR) is 86.9 cm³/mol. The molecule has 0 amide bonds. The number of ether oxygens (including phenoxy) is 4. The van der Waals surface area contributed by atoms with Crippen molar-refractivity contribution < 1.29 is 23.7 Å². The van der Waals surface area contributed by atoms with Crippen LogP contribution in [-0.4, -0.2) is 27.1 Å². The zero-order valence-electron chi connectivity index (χ0n) is 13.7. The van der Waals surface area contributed by atoms with Crippen molar-refractivity contribution in [2.24, 2.45) is 0 Å². The largest absolute Gasteiger partial charge is 0.497 e. The summed E-state index contributed by atoms with van der Waals surface area (Å²) in [6.07, 6.45) is 0. The molecule has 0 atom stereocenters. The maximum atomic E-state index is 11.4. The Bertz CT molecular complexity index is 694. The highest BCUT2D eigenvalue weighted by atomic mass is 16.5. The second-order valence-corrected chi connectivity index (χ2v) is 4.89. The summed E-state index contributed by atoms with van der Waals surface area (Å²) in [6.45, 7) is 1.80. The molecule has 0 aliphatic heterocycles. The van der Waals surface area contributed by atoms with Gasteiger partial charge in [-0.2, -0.15) is 0 Å². The van der Waals surface area contributed by atoms with Crippen LogP contribution in [0.3, 0.4) is 0 Å². The van der Waals surface area contributed by atoms with Crippen molar-refractivity contribution in [3.05, 3.63) is 47.5 Å². The highest BCUT2D eigenvalue weighted by Gasteiger charge is 2.11. The summed E-state index contributed by atoms with van der Waals surface area (Å²) in [5.74, 6) is 2.49. The van der Waals surface area contributed by atoms with Crippen LogP contribution < -0.4 is 18.9 Å². The molecule has 0 heterocycles. The van der Waals surface area contributed by atoms with Gasteiger partial charge in [0, 0.05) is 11.1 Å². The van der Waals surface area contributed by atoms with E-state index in [1.807, 2.05) is 18.2 Å². The van der Waals surface area contributed by atoms with Crippen molar-refractivity contribution in [3.63, 3.8) is 0 Å². The Morgan fingerprint density at radius 2 is 1.57 bits per heavy atom. The van der Waals surface area contributed by atoms with Gasteiger partial charge in [-0.1, -0.05) is 0 Å². The topological polar surface area (TPSA) is 54.0 Å². The Labute approximate surface area is 135 Å². The van der Waals surface area contributed by atoms with Gasteiger partial charge in [-0.05, 0) is 43.3 Å². The Kier molecular flexibility index (Phi) is 5.46. The average molecular weight is 316 g/mol. The van der Waals surface area contributed by atoms with Gasteiger partial charge in [0.2, 0.25) is 0 Å². The van der Waals surface area contributed by atoms with Crippen molar-refractivity contribution in [2.45, 2.75) is 13.5 Å². The molecule has 0 unspecified atom stereocenters. The minimum atomic E-state index is -0.0238. The summed E-state index contributed by atoms with van der Waals surface area (Å²) in [7, 11) is 4.75. The first-order valence-electron chi connectivity index (χ1n) is 7.11. The Hall–Kier alpha value is -2.69. The van der Waals surface area contributed by atoms with E-state index < -0.39 is 0 Å². The SMILES string of the molecule is COc1ccc(OC)c(COc2ccc(C(C)=O)cc2OC)c1. The molecule has 0 fully saturated rings. The summed E-state index contributed by atoms with van der Waals surface area (Å²) in [5, 5.41) is 0. The molecule has 5 nitrogen and oxygen atoms in total. The molecule has 2 aromatic carbocycles. The number of ketones is 1. The van der Waals surface area contributed by atoms with E-state index >= 15 is 0 Å². The lowest BCUT2D eigenvalue weighted by Crippen LogP contribution is -2.02. The van der Waals surface area contributed by atoms with Crippen LogP contribution in [-0.2, 0) is 6.61 Å². The second kappa shape index (κ2) is 7.54. The monoisotopic (exact) mass is 316 g/mol. The van der Waals surface area contributed by atoms with E-state index in [9.17, 15) is 4.79 Å². The van der Waals surface area contributed by atoms with Crippen molar-refractivity contribution in [1.82, 2.24) is 0 Å². The van der Waals surface area contributed by atoms with Crippen LogP contribution in [0.5, 0.6) is 23.0 Å². The molecule has 0 radical (unpaired) electrons. The number of carbonyl (C=O) groups is 1. The van der Waals surface area contributed by atoms with E-state index in [1.165, 1.54) is 14.0 Å². The molecule has 0 bridgehead atoms. The van der Waals surface area contributed by atoms with Crippen molar-refractivity contribution in [3.8, 4) is 23.0 Å². The van der Waals surface area contributed by atoms with E-state index in [2.05, 4.69) is 0 Å². The molecule has 2 aromatic rings. The molecule has 0 aliphatic rings. The predicted octanol–water partition coefficient (Wildman–Crippen LogP) is 3.49. The van der Waals surface area contributed by atoms with E-state index in [4.69, 9.17) is 18.9 Å². The third-order valence-corrected chi connectivity index (χ3v) is 3.44. The molecule has 122 valence electrons. The normalized spacial score (nSPS) is 10.1. The van der Waals surface area contributed by atoms with Gasteiger partial charge in [0.15, 0.2) is 17.3 Å². The number of benzene rings is 2. The molecule has 0 N–H and O–H groups in total. The molecule has 0 saturated carbocycles. The third-order valence-electron chi connectivity index (χ3n) is 3.44. The van der Waals surface area contributed by atoms with Gasteiger partial charge in [0.05, 0.1) is 21.3 Å². The maximum Gasteiger partial charge on any atom is 0.161 e. The molecule has 0 aliphatic carbocycles. The van der Waals surface area contributed by atoms with E-state index in [-0.39, 0.29) is 12.4 Å². The molecule has 0 aromatic heterocycles. The van der Waals surface area contributed by atoms with Crippen LogP contribution in [0.25, 0.3) is 0 Å². The van der Waals surface area contributed by atoms with E-state index in [1.54, 1.807) is 32.4 Å². The summed E-state index contributed by atoms with van der Waals surface area (Å²) < 4.78 is 21.7. The molecule has 0 spiro atoms. The fraction of sp³-hybridized carbons (Fsp3) is 0.278. The van der Waals surface area contributed by atoms with Gasteiger partial charge in [-0.3, -0.25) is 4.79 Å². The highest BCUT2D eigenvalue weighted by molar-refractivity contribution is 5.94. The smallest absolute Gasteiger partial charge is 0.161 e. The third kappa shape index (κ3) is 3.94. The second-order valence-electron chi connectivity index (χ2n) is 4.89. The summed E-state index contributed by atoms with van der Waals surface area (Å²) in [4.78, 5) is 11.4. The molecule has 5 heteroatoms. The summed E-state index contributed by atoms with van der Waals surface area (Å²) in [5.41, 5.74) is 1.43. The lowest BCUT2D eigenvalue weighted by Gasteiger charge is -2.14. The molecular formula is C18H20O5. The van der Waals surface area contributed by atoms with Crippen molar-refractivity contribution >= 4 is 5.78 Å². The fourth-order valence-electron chi connectivity index (χ4n) is 2.16. The maximum absolute atomic E-state index is 11.4. The van der Waals surface area contributed by atoms with E-state index in [0.29, 0.717) is 22.8 Å². The van der Waals surface area contributed by atoms with Crippen LogP contribution in [0.2, 0.25) is 0 Å². The Morgan fingerprint density at radius 3 is 2.17 bits per heavy atom. The lowest BCUT2D eigenvalue weighted by molar-refractivity contribution is 0.101. The minimum Gasteiger partial charge on any atom is -0.497 e. The van der Waals surface area contributed by atoms with Gasteiger partial charge in [0.1, 0.15) is 18.1 Å². The fourth-order valence-corrected chi connectivity index (χ4v) is 2.16. The van der Waals surface area contributed by atoms with Crippen LogP contribution in [0.4, 0.5) is 0 Å². The lowest BCUT2D eigenvalue weighted by atomic mass is 10.1. The standard InChI is InChI=1S/C18H20O5/c1-12(19)13-5-7-17(18(10-13)22-4)23-11-14-9-15(20-2)6-8-16(14)21-3/h5-10H,11H2,1-4H3. The average Bonchev–Trinajstić information content (AvgIpc) is 2.59. The van der Waals surface area contributed by atoms with Gasteiger partial charge in [-0.15, -0.1) is 0 Å². The number of hydrogen-bond donors (Lipinski definition) is 0. The first-order valence-corrected chi connectivity index (χ1v) is 7.11. The zero-order valence-corrected chi connectivity index (χ0v) is 13.7. The summed E-state index contributed by atoms with van der Waals surface area (Å²) in [6, 6.07) is 10.6. The van der Waals surface area contributed by atoms with Gasteiger partial charge in [0.25, 0.3) is 0 Å². The molecule has 0 saturated heterocycles.